The van der Waals surface area contributed by atoms with Gasteiger partial charge in [0.2, 0.25) is 0 Å². The molecule has 0 N–H and O–H groups in total. The second kappa shape index (κ2) is 5.40. The Bertz CT molecular complexity index is 709. The molecule has 0 aliphatic heterocycles. The number of aromatic nitrogens is 2. The zero-order chi connectivity index (χ0) is 15.6. The zero-order valence-electron chi connectivity index (χ0n) is 11.0. The van der Waals surface area contributed by atoms with E-state index in [4.69, 9.17) is 5.26 Å². The van der Waals surface area contributed by atoms with Gasteiger partial charge in [0.15, 0.2) is 5.78 Å². The lowest BCUT2D eigenvalue weighted by Crippen LogP contribution is -2.11. The summed E-state index contributed by atoms with van der Waals surface area (Å²) in [7, 11) is 1.22. The Labute approximate surface area is 118 Å². The maximum atomic E-state index is 12.7. The van der Waals surface area contributed by atoms with Gasteiger partial charge in [-0.15, -0.1) is 0 Å². The second-order valence-corrected chi connectivity index (χ2v) is 4.37. The lowest BCUT2D eigenvalue weighted by Gasteiger charge is -2.04. The molecule has 0 amide bonds. The van der Waals surface area contributed by atoms with Crippen LogP contribution in [0.5, 0.6) is 0 Å². The zero-order valence-corrected chi connectivity index (χ0v) is 11.0. The number of Topliss-reactive ketones (excluding diaryl/α,β-unsaturated/α-hetero) is 1. The number of alkyl halides is 3. The van der Waals surface area contributed by atoms with Gasteiger partial charge in [-0.25, -0.2) is 0 Å². The van der Waals surface area contributed by atoms with Gasteiger partial charge in [0.25, 0.3) is 0 Å². The lowest BCUT2D eigenvalue weighted by atomic mass is 10.0. The van der Waals surface area contributed by atoms with E-state index in [2.05, 4.69) is 5.10 Å². The first-order valence-electron chi connectivity index (χ1n) is 5.94. The molecule has 21 heavy (non-hydrogen) atoms. The SMILES string of the molecule is Cn1nc(-c2ccc(C(=O)CC#N)cc2)cc1C(F)(F)F. The van der Waals surface area contributed by atoms with Crippen molar-refractivity contribution in [3.8, 4) is 17.3 Å². The highest BCUT2D eigenvalue weighted by Crippen LogP contribution is 2.31. The third kappa shape index (κ3) is 3.11. The van der Waals surface area contributed by atoms with Crippen LogP contribution in [0.4, 0.5) is 13.2 Å². The van der Waals surface area contributed by atoms with E-state index in [-0.39, 0.29) is 17.9 Å². The maximum absolute atomic E-state index is 12.7. The Kier molecular flexibility index (Phi) is 3.80. The van der Waals surface area contributed by atoms with Gasteiger partial charge >= 0.3 is 6.18 Å². The largest absolute Gasteiger partial charge is 0.433 e. The predicted molar refractivity (Wildman–Crippen MR) is 68.2 cm³/mol. The monoisotopic (exact) mass is 293 g/mol. The minimum atomic E-state index is -4.47. The van der Waals surface area contributed by atoms with Crippen LogP contribution in [-0.2, 0) is 13.2 Å². The van der Waals surface area contributed by atoms with Crippen molar-refractivity contribution in [2.24, 2.45) is 7.05 Å². The van der Waals surface area contributed by atoms with Crippen molar-refractivity contribution in [3.63, 3.8) is 0 Å². The van der Waals surface area contributed by atoms with Crippen LogP contribution in [0.15, 0.2) is 30.3 Å². The molecule has 0 saturated carbocycles. The number of nitriles is 1. The minimum Gasteiger partial charge on any atom is -0.293 e. The molecular formula is C14H10F3N3O. The summed E-state index contributed by atoms with van der Waals surface area (Å²) >= 11 is 0. The van der Waals surface area contributed by atoms with Gasteiger partial charge in [0.05, 0.1) is 18.2 Å². The third-order valence-electron chi connectivity index (χ3n) is 2.91. The van der Waals surface area contributed by atoms with E-state index in [1.54, 1.807) is 6.07 Å². The summed E-state index contributed by atoms with van der Waals surface area (Å²) in [6.45, 7) is 0. The molecule has 0 aliphatic carbocycles. The average Bonchev–Trinajstić information content (AvgIpc) is 2.81. The van der Waals surface area contributed by atoms with Crippen molar-refractivity contribution in [3.05, 3.63) is 41.6 Å². The second-order valence-electron chi connectivity index (χ2n) is 4.37. The van der Waals surface area contributed by atoms with Crippen LogP contribution >= 0.6 is 0 Å². The highest BCUT2D eigenvalue weighted by molar-refractivity contribution is 5.97. The average molecular weight is 293 g/mol. The predicted octanol–water partition coefficient (Wildman–Crippen LogP) is 3.20. The summed E-state index contributed by atoms with van der Waals surface area (Å²) in [6.07, 6.45) is -4.70. The first kappa shape index (κ1) is 14.8. The molecule has 0 spiro atoms. The van der Waals surface area contributed by atoms with E-state index in [1.165, 1.54) is 31.3 Å². The normalized spacial score (nSPS) is 11.2. The maximum Gasteiger partial charge on any atom is 0.433 e. The Morgan fingerprint density at radius 1 is 1.33 bits per heavy atom. The molecule has 1 aromatic carbocycles. The topological polar surface area (TPSA) is 58.7 Å². The van der Waals surface area contributed by atoms with Crippen molar-refractivity contribution in [2.75, 3.05) is 0 Å². The van der Waals surface area contributed by atoms with Gasteiger partial charge in [-0.3, -0.25) is 9.48 Å². The fourth-order valence-corrected chi connectivity index (χ4v) is 1.87. The molecule has 1 heterocycles. The van der Waals surface area contributed by atoms with Crippen LogP contribution in [0.2, 0.25) is 0 Å². The van der Waals surface area contributed by atoms with Crippen molar-refractivity contribution in [1.29, 1.82) is 5.26 Å². The summed E-state index contributed by atoms with van der Waals surface area (Å²) in [6, 6.07) is 8.65. The Morgan fingerprint density at radius 3 is 2.43 bits per heavy atom. The summed E-state index contributed by atoms with van der Waals surface area (Å²) < 4.78 is 38.9. The number of carbonyl (C=O) groups excluding carboxylic acids is 1. The van der Waals surface area contributed by atoms with Gasteiger partial charge in [-0.2, -0.15) is 23.5 Å². The van der Waals surface area contributed by atoms with Gasteiger partial charge in [0, 0.05) is 18.2 Å². The Balaban J connectivity index is 2.32. The van der Waals surface area contributed by atoms with E-state index < -0.39 is 11.9 Å². The summed E-state index contributed by atoms with van der Waals surface area (Å²) in [5.74, 6) is -0.332. The molecular weight excluding hydrogens is 283 g/mol. The molecule has 2 aromatic rings. The fraction of sp³-hybridized carbons (Fsp3) is 0.214. The van der Waals surface area contributed by atoms with Gasteiger partial charge < -0.3 is 0 Å². The van der Waals surface area contributed by atoms with Gasteiger partial charge in [-0.05, 0) is 6.07 Å². The number of nitrogens with zero attached hydrogens (tertiary/aromatic N) is 3. The van der Waals surface area contributed by atoms with Crippen LogP contribution in [0.25, 0.3) is 11.3 Å². The van der Waals surface area contributed by atoms with Crippen LogP contribution < -0.4 is 0 Å². The molecule has 0 atom stereocenters. The third-order valence-corrected chi connectivity index (χ3v) is 2.91. The number of benzene rings is 1. The van der Waals surface area contributed by atoms with E-state index in [0.717, 1.165) is 10.7 Å². The minimum absolute atomic E-state index is 0.170. The first-order valence-corrected chi connectivity index (χ1v) is 5.94. The molecule has 2 rings (SSSR count). The highest BCUT2D eigenvalue weighted by atomic mass is 19.4. The molecule has 0 unspecified atom stereocenters. The molecule has 0 bridgehead atoms. The summed E-state index contributed by atoms with van der Waals surface area (Å²) in [5, 5.41) is 12.3. The molecule has 7 heteroatoms. The molecule has 0 aliphatic rings. The smallest absolute Gasteiger partial charge is 0.293 e. The Morgan fingerprint density at radius 2 is 1.95 bits per heavy atom. The number of aryl methyl sites for hydroxylation is 1. The van der Waals surface area contributed by atoms with Gasteiger partial charge in [-0.1, -0.05) is 24.3 Å². The van der Waals surface area contributed by atoms with Crippen molar-refractivity contribution in [2.45, 2.75) is 12.6 Å². The van der Waals surface area contributed by atoms with E-state index >= 15 is 0 Å². The van der Waals surface area contributed by atoms with Crippen LogP contribution in [0, 0.1) is 11.3 Å². The lowest BCUT2D eigenvalue weighted by molar-refractivity contribution is -0.143. The van der Waals surface area contributed by atoms with Crippen LogP contribution in [0.3, 0.4) is 0 Å². The standard InChI is InChI=1S/C14H10F3N3O/c1-20-13(14(15,16)17)8-11(19-20)9-2-4-10(5-3-9)12(21)6-7-18/h2-5,8H,6H2,1H3. The molecule has 0 fully saturated rings. The Hall–Kier alpha value is -2.62. The molecule has 0 saturated heterocycles. The number of hydrogen-bond donors (Lipinski definition) is 0. The fourth-order valence-electron chi connectivity index (χ4n) is 1.87. The summed E-state index contributed by atoms with van der Waals surface area (Å²) in [5.41, 5.74) is 0.133. The quantitative estimate of drug-likeness (QED) is 0.816. The summed E-state index contributed by atoms with van der Waals surface area (Å²) in [4.78, 5) is 11.5. The van der Waals surface area contributed by atoms with E-state index in [1.807, 2.05) is 0 Å². The molecule has 1 aromatic heterocycles. The number of rotatable bonds is 3. The van der Waals surface area contributed by atoms with E-state index in [0.29, 0.717) is 11.1 Å². The number of ketones is 1. The van der Waals surface area contributed by atoms with Gasteiger partial charge in [0.1, 0.15) is 5.69 Å². The van der Waals surface area contributed by atoms with Crippen LogP contribution in [-0.4, -0.2) is 15.6 Å². The highest BCUT2D eigenvalue weighted by Gasteiger charge is 2.35. The first-order chi connectivity index (χ1) is 9.82. The van der Waals surface area contributed by atoms with Crippen molar-refractivity contribution < 1.29 is 18.0 Å². The van der Waals surface area contributed by atoms with Crippen LogP contribution in [0.1, 0.15) is 22.5 Å². The number of carbonyl (C=O) groups is 1. The van der Waals surface area contributed by atoms with E-state index in [9.17, 15) is 18.0 Å². The van der Waals surface area contributed by atoms with Crippen molar-refractivity contribution in [1.82, 2.24) is 9.78 Å². The van der Waals surface area contributed by atoms with Crippen molar-refractivity contribution >= 4 is 5.78 Å². The number of halogens is 3. The molecule has 4 nitrogen and oxygen atoms in total. The number of hydrogen-bond acceptors (Lipinski definition) is 3. The molecule has 0 radical (unpaired) electrons. The molecule has 108 valence electrons.